The second-order valence-corrected chi connectivity index (χ2v) is 16.1. The number of benzene rings is 4. The summed E-state index contributed by atoms with van der Waals surface area (Å²) in [7, 11) is 3.37. The number of halogens is 1. The lowest BCUT2D eigenvalue weighted by molar-refractivity contribution is -0.111. The number of hydrogen-bond acceptors (Lipinski definition) is 7. The van der Waals surface area contributed by atoms with Crippen LogP contribution in [0.2, 0.25) is 0 Å². The summed E-state index contributed by atoms with van der Waals surface area (Å²) in [6.45, 7) is 13.1. The molecule has 0 radical (unpaired) electrons. The number of hydrogen-bond donors (Lipinski definition) is 2. The van der Waals surface area contributed by atoms with Crippen molar-refractivity contribution < 1.29 is 28.2 Å². The molecule has 10 heteroatoms. The maximum atomic E-state index is 14.0. The molecule has 3 aliphatic rings. The van der Waals surface area contributed by atoms with Gasteiger partial charge in [0.15, 0.2) is 0 Å². The van der Waals surface area contributed by atoms with Gasteiger partial charge >= 0.3 is 0 Å². The van der Waals surface area contributed by atoms with Crippen LogP contribution in [0.15, 0.2) is 83.6 Å². The van der Waals surface area contributed by atoms with Gasteiger partial charge < -0.3 is 24.8 Å². The van der Waals surface area contributed by atoms with Crippen LogP contribution in [-0.4, -0.2) is 63.8 Å². The first-order chi connectivity index (χ1) is 28.0. The summed E-state index contributed by atoms with van der Waals surface area (Å²) in [6, 6.07) is 23.2. The molecule has 0 atom stereocenters. The third-order valence-corrected chi connectivity index (χ3v) is 11.5. The van der Waals surface area contributed by atoms with Gasteiger partial charge in [-0.2, -0.15) is 11.3 Å². The lowest BCUT2D eigenvalue weighted by Crippen LogP contribution is -2.37. The first-order valence-electron chi connectivity index (χ1n) is 19.7. The number of nitrogens with zero attached hydrogens (tertiary/aromatic N) is 1. The monoisotopic (exact) mass is 799 g/mol. The first kappa shape index (κ1) is 40.6. The Hall–Kier alpha value is -5.55. The van der Waals surface area contributed by atoms with Crippen LogP contribution < -0.4 is 20.1 Å². The molecule has 58 heavy (non-hydrogen) atoms. The summed E-state index contributed by atoms with van der Waals surface area (Å²) in [5.74, 6) is 1.54. The van der Waals surface area contributed by atoms with E-state index in [0.717, 1.165) is 95.4 Å². The molecule has 1 saturated heterocycles. The number of methoxy groups -OCH3 is 2. The molecular formula is C48H50FN3O5S. The number of fused-ring (bicyclic) bond motifs is 2. The number of ether oxygens (including phenoxy) is 3. The zero-order valence-electron chi connectivity index (χ0n) is 33.9. The highest BCUT2D eigenvalue weighted by Crippen LogP contribution is 2.40. The molecule has 4 heterocycles. The number of anilines is 2. The van der Waals surface area contributed by atoms with Gasteiger partial charge in [0.25, 0.3) is 11.8 Å². The number of thiophene rings is 1. The summed E-state index contributed by atoms with van der Waals surface area (Å²) in [5, 5.41) is 9.79. The molecule has 0 bridgehead atoms. The molecule has 0 saturated carbocycles. The van der Waals surface area contributed by atoms with Crippen LogP contribution in [0.4, 0.5) is 15.8 Å². The molecule has 5 aromatic rings. The second-order valence-electron chi connectivity index (χ2n) is 15.3. The zero-order chi connectivity index (χ0) is 40.9. The van der Waals surface area contributed by atoms with E-state index in [1.807, 2.05) is 42.5 Å². The van der Waals surface area contributed by atoms with Crippen molar-refractivity contribution >= 4 is 57.8 Å². The quantitative estimate of drug-likeness (QED) is 0.137. The van der Waals surface area contributed by atoms with E-state index in [4.69, 9.17) is 14.2 Å². The molecule has 8 rings (SSSR count). The molecule has 3 aliphatic heterocycles. The van der Waals surface area contributed by atoms with Crippen LogP contribution in [0.25, 0.3) is 34.4 Å². The van der Waals surface area contributed by atoms with Crippen LogP contribution in [0.3, 0.4) is 0 Å². The van der Waals surface area contributed by atoms with Crippen LogP contribution >= 0.6 is 11.3 Å². The van der Waals surface area contributed by atoms with Crippen LogP contribution in [0.5, 0.6) is 11.5 Å². The number of rotatable bonds is 10. The Balaban J connectivity index is 0.000000181. The van der Waals surface area contributed by atoms with Gasteiger partial charge in [0, 0.05) is 53.2 Å². The van der Waals surface area contributed by atoms with Crippen molar-refractivity contribution in [3.05, 3.63) is 128 Å². The molecule has 4 aromatic carbocycles. The Morgan fingerprint density at radius 3 is 2.17 bits per heavy atom. The first-order valence-corrected chi connectivity index (χ1v) is 20.7. The Bertz CT molecular complexity index is 2350. The highest BCUT2D eigenvalue weighted by Gasteiger charge is 2.28. The number of carbonyl (C=O) groups excluding carboxylic acids is 2. The van der Waals surface area contributed by atoms with Gasteiger partial charge in [0.2, 0.25) is 0 Å². The van der Waals surface area contributed by atoms with Gasteiger partial charge in [-0.15, -0.1) is 0 Å². The van der Waals surface area contributed by atoms with E-state index in [1.54, 1.807) is 37.7 Å². The zero-order valence-corrected chi connectivity index (χ0v) is 34.7. The third kappa shape index (κ3) is 8.79. The normalized spacial score (nSPS) is 16.3. The van der Waals surface area contributed by atoms with Crippen molar-refractivity contribution in [3.8, 4) is 22.6 Å². The van der Waals surface area contributed by atoms with E-state index in [-0.39, 0.29) is 29.3 Å². The number of para-hydroxylation sites is 1. The average Bonchev–Trinajstić information content (AvgIpc) is 3.96. The van der Waals surface area contributed by atoms with Gasteiger partial charge in [-0.05, 0) is 123 Å². The van der Waals surface area contributed by atoms with Crippen molar-refractivity contribution in [2.24, 2.45) is 0 Å². The molecule has 300 valence electrons. The third-order valence-electron chi connectivity index (χ3n) is 10.8. The van der Waals surface area contributed by atoms with Gasteiger partial charge in [0.1, 0.15) is 17.3 Å². The van der Waals surface area contributed by atoms with E-state index in [2.05, 4.69) is 78.3 Å². The number of carbonyl (C=O) groups is 2. The van der Waals surface area contributed by atoms with Gasteiger partial charge in [0.05, 0.1) is 33.1 Å². The molecule has 2 N–H and O–H groups in total. The minimum absolute atomic E-state index is 0.0572. The van der Waals surface area contributed by atoms with Crippen molar-refractivity contribution in [2.75, 3.05) is 57.7 Å². The summed E-state index contributed by atoms with van der Waals surface area (Å²) < 4.78 is 30.6. The van der Waals surface area contributed by atoms with E-state index < -0.39 is 5.82 Å². The van der Waals surface area contributed by atoms with Crippen molar-refractivity contribution in [1.29, 1.82) is 0 Å². The fourth-order valence-electron chi connectivity index (χ4n) is 7.64. The summed E-state index contributed by atoms with van der Waals surface area (Å²) in [6.07, 6.45) is 4.76. The molecule has 1 aromatic heterocycles. The van der Waals surface area contributed by atoms with Gasteiger partial charge in [-0.1, -0.05) is 52.0 Å². The number of nitrogens with one attached hydrogen (secondary N) is 2. The topological polar surface area (TPSA) is 89.1 Å². The van der Waals surface area contributed by atoms with Crippen LogP contribution in [0.1, 0.15) is 78.5 Å². The van der Waals surface area contributed by atoms with Gasteiger partial charge in [-0.25, -0.2) is 4.39 Å². The smallest absolute Gasteiger partial charge is 0.256 e. The minimum Gasteiger partial charge on any atom is -0.496 e. The molecule has 0 spiro atoms. The standard InChI is InChI=1S/C26H26N2O3S.C22H24FNO2/c1-30-25-5-3-19(15-21(25)20-7-13-32-17-20)16-23-22-14-18(2-4-24(22)27-26(23)29)6-8-28-9-11-31-12-10-28;1-12(2)16-9-14(10-17(13(3)4)21(16)26-5)11-18-15-7-6-8-19(23)20(15)24-22(18)25/h2-5,7,13-17H,6,8-12H2,1H3,(H,27,29);6-13H,1-5H3,(H,24,25)/b23-16+;18-11-. The van der Waals surface area contributed by atoms with Gasteiger partial charge in [-0.3, -0.25) is 14.5 Å². The minimum atomic E-state index is -0.417. The Morgan fingerprint density at radius 1 is 0.793 bits per heavy atom. The lowest BCUT2D eigenvalue weighted by Gasteiger charge is -2.26. The predicted molar refractivity (Wildman–Crippen MR) is 234 cm³/mol. The molecule has 2 amide bonds. The molecule has 0 unspecified atom stereocenters. The summed E-state index contributed by atoms with van der Waals surface area (Å²) in [5.41, 5.74) is 11.4. The maximum Gasteiger partial charge on any atom is 0.256 e. The lowest BCUT2D eigenvalue weighted by atomic mass is 9.90. The molecule has 0 aliphatic carbocycles. The maximum absolute atomic E-state index is 14.0. The van der Waals surface area contributed by atoms with E-state index in [9.17, 15) is 14.0 Å². The van der Waals surface area contributed by atoms with Crippen LogP contribution in [0, 0.1) is 5.82 Å². The fraction of sp³-hybridized carbons (Fsp3) is 0.292. The fourth-order valence-corrected chi connectivity index (χ4v) is 8.29. The highest BCUT2D eigenvalue weighted by molar-refractivity contribution is 7.08. The molecule has 1 fully saturated rings. The summed E-state index contributed by atoms with van der Waals surface area (Å²) in [4.78, 5) is 27.6. The van der Waals surface area contributed by atoms with Crippen molar-refractivity contribution in [1.82, 2.24) is 4.90 Å². The molecular weight excluding hydrogens is 750 g/mol. The highest BCUT2D eigenvalue weighted by atomic mass is 32.1. The average molecular weight is 800 g/mol. The Kier molecular flexibility index (Phi) is 12.6. The predicted octanol–water partition coefficient (Wildman–Crippen LogP) is 10.4. The molecule has 8 nitrogen and oxygen atoms in total. The van der Waals surface area contributed by atoms with E-state index >= 15 is 0 Å². The Morgan fingerprint density at radius 2 is 1.50 bits per heavy atom. The van der Waals surface area contributed by atoms with Crippen molar-refractivity contribution in [2.45, 2.75) is 46.0 Å². The Labute approximate surface area is 344 Å². The number of amides is 2. The van der Waals surface area contributed by atoms with Crippen LogP contribution in [-0.2, 0) is 20.7 Å². The summed E-state index contributed by atoms with van der Waals surface area (Å²) >= 11 is 1.65. The SMILES string of the molecule is COc1c(C(C)C)cc(/C=C2\C(=O)Nc3c(F)cccc32)cc1C(C)C.COc1ccc(/C=C2/C(=O)Nc3ccc(CCN4CCOCC4)cc32)cc1-c1ccsc1. The number of morpholine rings is 1. The largest absolute Gasteiger partial charge is 0.496 e. The van der Waals surface area contributed by atoms with E-state index in [0.29, 0.717) is 16.7 Å². The van der Waals surface area contributed by atoms with Crippen molar-refractivity contribution in [3.63, 3.8) is 0 Å². The second kappa shape index (κ2) is 17.9. The van der Waals surface area contributed by atoms with E-state index in [1.165, 1.54) is 11.6 Å².